The molecule has 0 amide bonds. The van der Waals surface area contributed by atoms with Gasteiger partial charge in [0.2, 0.25) is 10.0 Å². The van der Waals surface area contributed by atoms with Gasteiger partial charge in [-0.25, -0.2) is 18.1 Å². The molecule has 0 aliphatic carbocycles. The van der Waals surface area contributed by atoms with E-state index in [4.69, 9.17) is 10.4 Å². The average molecular weight is 241 g/mol. The van der Waals surface area contributed by atoms with E-state index in [1.54, 1.807) is 6.07 Å². The third-order valence-corrected chi connectivity index (χ3v) is 3.19. The van der Waals surface area contributed by atoms with Gasteiger partial charge < -0.3 is 5.11 Å². The lowest BCUT2D eigenvalue weighted by molar-refractivity contribution is 0.198. The quantitative estimate of drug-likeness (QED) is 0.747. The number of hydrogen-bond donors (Lipinski definition) is 2. The van der Waals surface area contributed by atoms with Crippen LogP contribution in [0.4, 0.5) is 0 Å². The molecule has 6 nitrogen and oxygen atoms in total. The maximum Gasteiger partial charge on any atom is 0.243 e. The zero-order valence-electron chi connectivity index (χ0n) is 8.58. The van der Waals surface area contributed by atoms with Gasteiger partial charge in [0.15, 0.2) is 5.69 Å². The molecule has 0 spiro atoms. The van der Waals surface area contributed by atoms with E-state index in [9.17, 15) is 8.42 Å². The molecule has 16 heavy (non-hydrogen) atoms. The molecule has 0 fully saturated rings. The van der Waals surface area contributed by atoms with Gasteiger partial charge >= 0.3 is 0 Å². The number of sulfonamides is 1. The first-order valence-electron chi connectivity index (χ1n) is 4.50. The van der Waals surface area contributed by atoms with Gasteiger partial charge in [-0.15, -0.1) is 0 Å². The average Bonchev–Trinajstić information content (AvgIpc) is 2.26. The second-order valence-electron chi connectivity index (χ2n) is 3.16. The zero-order chi connectivity index (χ0) is 12.2. The maximum atomic E-state index is 11.7. The molecule has 7 heteroatoms. The van der Waals surface area contributed by atoms with Crippen molar-refractivity contribution in [3.8, 4) is 6.07 Å². The molecular weight excluding hydrogens is 230 g/mol. The van der Waals surface area contributed by atoms with Crippen molar-refractivity contribution in [1.82, 2.24) is 9.71 Å². The molecule has 1 heterocycles. The number of nitriles is 1. The molecule has 0 aromatic carbocycles. The Morgan fingerprint density at radius 3 is 2.94 bits per heavy atom. The Morgan fingerprint density at radius 2 is 2.38 bits per heavy atom. The predicted octanol–water partition coefficient (Wildman–Crippen LogP) is -0.388. The minimum Gasteiger partial charge on any atom is -0.392 e. The molecule has 1 aromatic rings. The van der Waals surface area contributed by atoms with Gasteiger partial charge in [0.05, 0.1) is 6.10 Å². The molecule has 0 unspecified atom stereocenters. The maximum absolute atomic E-state index is 11.7. The molecule has 86 valence electrons. The van der Waals surface area contributed by atoms with Gasteiger partial charge in [-0.05, 0) is 19.1 Å². The molecular formula is C9H11N3O3S. The summed E-state index contributed by atoms with van der Waals surface area (Å²) in [6.45, 7) is 1.35. The summed E-state index contributed by atoms with van der Waals surface area (Å²) in [5, 5.41) is 17.7. The van der Waals surface area contributed by atoms with Crippen LogP contribution in [0.3, 0.4) is 0 Å². The van der Waals surface area contributed by atoms with Crippen molar-refractivity contribution < 1.29 is 13.5 Å². The summed E-state index contributed by atoms with van der Waals surface area (Å²) in [5.74, 6) is 0. The van der Waals surface area contributed by atoms with E-state index in [0.29, 0.717) is 0 Å². The van der Waals surface area contributed by atoms with Gasteiger partial charge in [0.1, 0.15) is 11.0 Å². The largest absolute Gasteiger partial charge is 0.392 e. The van der Waals surface area contributed by atoms with Crippen LogP contribution in [0.15, 0.2) is 23.2 Å². The van der Waals surface area contributed by atoms with Crippen molar-refractivity contribution in [3.05, 3.63) is 24.0 Å². The van der Waals surface area contributed by atoms with E-state index in [-0.39, 0.29) is 17.1 Å². The van der Waals surface area contributed by atoms with Crippen LogP contribution in [-0.4, -0.2) is 31.2 Å². The lowest BCUT2D eigenvalue weighted by Gasteiger charge is -2.08. The highest BCUT2D eigenvalue weighted by Gasteiger charge is 2.19. The Kier molecular flexibility index (Phi) is 3.95. The number of rotatable bonds is 4. The number of hydrogen-bond acceptors (Lipinski definition) is 5. The Bertz CT molecular complexity index is 505. The number of aromatic nitrogens is 1. The van der Waals surface area contributed by atoms with Gasteiger partial charge in [0.25, 0.3) is 0 Å². The minimum atomic E-state index is -3.79. The molecule has 0 aliphatic heterocycles. The van der Waals surface area contributed by atoms with E-state index < -0.39 is 16.1 Å². The highest BCUT2D eigenvalue weighted by Crippen LogP contribution is 2.11. The van der Waals surface area contributed by atoms with Crippen molar-refractivity contribution in [2.75, 3.05) is 6.54 Å². The van der Waals surface area contributed by atoms with Gasteiger partial charge in [0, 0.05) is 12.7 Å². The van der Waals surface area contributed by atoms with Crippen LogP contribution >= 0.6 is 0 Å². The molecule has 0 aliphatic rings. The molecule has 1 rings (SSSR count). The van der Waals surface area contributed by atoms with Crippen LogP contribution in [0.2, 0.25) is 0 Å². The highest BCUT2D eigenvalue weighted by molar-refractivity contribution is 7.89. The summed E-state index contributed by atoms with van der Waals surface area (Å²) in [6.07, 6.45) is 0.545. The lowest BCUT2D eigenvalue weighted by Crippen LogP contribution is -2.31. The molecule has 0 bridgehead atoms. The number of aliphatic hydroxyl groups is 1. The molecule has 0 saturated heterocycles. The van der Waals surface area contributed by atoms with Crippen LogP contribution in [0, 0.1) is 11.3 Å². The smallest absolute Gasteiger partial charge is 0.243 e. The monoisotopic (exact) mass is 241 g/mol. The zero-order valence-corrected chi connectivity index (χ0v) is 9.40. The van der Waals surface area contributed by atoms with Gasteiger partial charge in [-0.2, -0.15) is 5.26 Å². The third-order valence-electron chi connectivity index (χ3n) is 1.73. The Balaban J connectivity index is 3.04. The summed E-state index contributed by atoms with van der Waals surface area (Å²) in [6, 6.07) is 4.41. The van der Waals surface area contributed by atoms with E-state index in [1.807, 2.05) is 0 Å². The fraction of sp³-hybridized carbons (Fsp3) is 0.333. The molecule has 2 N–H and O–H groups in total. The van der Waals surface area contributed by atoms with Crippen molar-refractivity contribution in [2.24, 2.45) is 0 Å². The normalized spacial score (nSPS) is 13.1. The fourth-order valence-electron chi connectivity index (χ4n) is 0.999. The topological polar surface area (TPSA) is 103 Å². The van der Waals surface area contributed by atoms with Gasteiger partial charge in [-0.1, -0.05) is 0 Å². The molecule has 0 saturated carbocycles. The summed E-state index contributed by atoms with van der Waals surface area (Å²) >= 11 is 0. The standard InChI is InChI=1S/C9H11N3O3S/c1-7(13)6-12-16(14,15)9-3-2-4-11-8(9)5-10/h2-4,7,12-13H,6H2,1H3/t7-/m0/s1. The summed E-state index contributed by atoms with van der Waals surface area (Å²) < 4.78 is 25.6. The van der Waals surface area contributed by atoms with E-state index in [1.165, 1.54) is 25.3 Å². The van der Waals surface area contributed by atoms with Crippen LogP contribution in [0.25, 0.3) is 0 Å². The second-order valence-corrected chi connectivity index (χ2v) is 4.90. The van der Waals surface area contributed by atoms with Crippen LogP contribution in [0.1, 0.15) is 12.6 Å². The Morgan fingerprint density at radius 1 is 1.69 bits per heavy atom. The predicted molar refractivity (Wildman–Crippen MR) is 55.8 cm³/mol. The summed E-state index contributed by atoms with van der Waals surface area (Å²) in [7, 11) is -3.79. The van der Waals surface area contributed by atoms with E-state index in [2.05, 4.69) is 9.71 Å². The first-order chi connectivity index (χ1) is 7.47. The second kappa shape index (κ2) is 5.03. The van der Waals surface area contributed by atoms with Crippen molar-refractivity contribution in [2.45, 2.75) is 17.9 Å². The van der Waals surface area contributed by atoms with Gasteiger partial charge in [-0.3, -0.25) is 0 Å². The van der Waals surface area contributed by atoms with E-state index in [0.717, 1.165) is 0 Å². The fourth-order valence-corrected chi connectivity index (χ4v) is 2.23. The first-order valence-corrected chi connectivity index (χ1v) is 5.98. The SMILES string of the molecule is C[C@H](O)CNS(=O)(=O)c1cccnc1C#N. The molecule has 0 radical (unpaired) electrons. The van der Waals surface area contributed by atoms with Crippen LogP contribution < -0.4 is 4.72 Å². The summed E-state index contributed by atoms with van der Waals surface area (Å²) in [4.78, 5) is 3.47. The Labute approximate surface area is 93.6 Å². The summed E-state index contributed by atoms with van der Waals surface area (Å²) in [5.41, 5.74) is -0.166. The lowest BCUT2D eigenvalue weighted by atomic mass is 10.4. The van der Waals surface area contributed by atoms with E-state index >= 15 is 0 Å². The Hall–Kier alpha value is -1.49. The van der Waals surface area contributed by atoms with Crippen LogP contribution in [-0.2, 0) is 10.0 Å². The number of nitrogens with zero attached hydrogens (tertiary/aromatic N) is 2. The van der Waals surface area contributed by atoms with Crippen molar-refractivity contribution >= 4 is 10.0 Å². The minimum absolute atomic E-state index is 0.109. The number of nitrogens with one attached hydrogen (secondary N) is 1. The number of aliphatic hydroxyl groups excluding tert-OH is 1. The van der Waals surface area contributed by atoms with Crippen molar-refractivity contribution in [3.63, 3.8) is 0 Å². The molecule has 1 aromatic heterocycles. The van der Waals surface area contributed by atoms with Crippen LogP contribution in [0.5, 0.6) is 0 Å². The highest BCUT2D eigenvalue weighted by atomic mass is 32.2. The molecule has 1 atom stereocenters. The van der Waals surface area contributed by atoms with Crippen molar-refractivity contribution in [1.29, 1.82) is 5.26 Å². The number of pyridine rings is 1. The third kappa shape index (κ3) is 3.00. The first kappa shape index (κ1) is 12.6.